The van der Waals surface area contributed by atoms with Crippen molar-refractivity contribution in [3.05, 3.63) is 12.2 Å². The average molecular weight is 137 g/mol. The lowest BCUT2D eigenvalue weighted by atomic mass is 10.2. The summed E-state index contributed by atoms with van der Waals surface area (Å²) in [7, 11) is 3.53. The van der Waals surface area contributed by atoms with Crippen LogP contribution in [0.5, 0.6) is 0 Å². The summed E-state index contributed by atoms with van der Waals surface area (Å²) in [4.78, 5) is 0. The molecule has 0 atom stereocenters. The summed E-state index contributed by atoms with van der Waals surface area (Å²) in [6, 6.07) is 1.94. The van der Waals surface area contributed by atoms with E-state index in [4.69, 9.17) is 5.26 Å². The molecule has 54 valence electrons. The Bertz CT molecular complexity index is 195. The molecule has 3 nitrogen and oxygen atoms in total. The molecule has 0 spiro atoms. The molecule has 0 aromatic heterocycles. The van der Waals surface area contributed by atoms with Crippen LogP contribution in [0.1, 0.15) is 6.92 Å². The van der Waals surface area contributed by atoms with E-state index in [1.54, 1.807) is 26.0 Å². The fourth-order valence-electron chi connectivity index (χ4n) is 0.403. The normalized spacial score (nSPS) is 10.4. The molecular formula is C7H11N3. The van der Waals surface area contributed by atoms with Gasteiger partial charge in [-0.05, 0) is 12.5 Å². The molecule has 0 bridgehead atoms. The number of allylic oxidation sites excluding steroid dienone is 1. The van der Waals surface area contributed by atoms with Crippen molar-refractivity contribution in [3.8, 4) is 6.07 Å². The highest BCUT2D eigenvalue weighted by atomic mass is 15.4. The van der Waals surface area contributed by atoms with Gasteiger partial charge in [-0.1, -0.05) is 6.58 Å². The zero-order chi connectivity index (χ0) is 8.15. The Kier molecular flexibility index (Phi) is 3.20. The van der Waals surface area contributed by atoms with Gasteiger partial charge in [-0.15, -0.1) is 0 Å². The maximum absolute atomic E-state index is 8.48. The number of rotatable bonds is 2. The first kappa shape index (κ1) is 8.70. The Labute approximate surface area is 61.3 Å². The van der Waals surface area contributed by atoms with Crippen molar-refractivity contribution < 1.29 is 0 Å². The first-order chi connectivity index (χ1) is 4.57. The van der Waals surface area contributed by atoms with E-state index in [1.165, 1.54) is 0 Å². The van der Waals surface area contributed by atoms with Crippen LogP contribution in [0.3, 0.4) is 0 Å². The number of hydrogen-bond donors (Lipinski definition) is 0. The molecular weight excluding hydrogens is 126 g/mol. The second-order valence-electron chi connectivity index (χ2n) is 2.19. The molecule has 0 amide bonds. The molecule has 0 rings (SSSR count). The summed E-state index contributed by atoms with van der Waals surface area (Å²) in [6.07, 6.45) is 0. The van der Waals surface area contributed by atoms with Crippen LogP contribution in [-0.2, 0) is 0 Å². The monoisotopic (exact) mass is 137 g/mol. The predicted molar refractivity (Wildman–Crippen MR) is 41.5 cm³/mol. The van der Waals surface area contributed by atoms with Gasteiger partial charge in [0.05, 0.1) is 0 Å². The summed E-state index contributed by atoms with van der Waals surface area (Å²) in [5, 5.41) is 13.9. The molecule has 0 aliphatic carbocycles. The molecule has 0 heterocycles. The third kappa shape index (κ3) is 2.88. The summed E-state index contributed by atoms with van der Waals surface area (Å²) in [6.45, 7) is 5.35. The van der Waals surface area contributed by atoms with Crippen LogP contribution < -0.4 is 0 Å². The van der Waals surface area contributed by atoms with Gasteiger partial charge < -0.3 is 5.01 Å². The van der Waals surface area contributed by atoms with E-state index in [9.17, 15) is 0 Å². The molecule has 3 heteroatoms. The highest BCUT2D eigenvalue weighted by Gasteiger charge is 1.96. The first-order valence-corrected chi connectivity index (χ1v) is 2.90. The molecule has 0 aliphatic heterocycles. The molecule has 0 aliphatic rings. The molecule has 0 unspecified atom stereocenters. The first-order valence-electron chi connectivity index (χ1n) is 2.90. The lowest BCUT2D eigenvalue weighted by Crippen LogP contribution is -2.07. The van der Waals surface area contributed by atoms with Crippen molar-refractivity contribution in [3.63, 3.8) is 0 Å². The minimum Gasteiger partial charge on any atom is -0.302 e. The van der Waals surface area contributed by atoms with Crippen LogP contribution in [0.4, 0.5) is 0 Å². The molecule has 0 N–H and O–H groups in total. The van der Waals surface area contributed by atoms with E-state index in [0.29, 0.717) is 11.3 Å². The van der Waals surface area contributed by atoms with E-state index in [-0.39, 0.29) is 0 Å². The van der Waals surface area contributed by atoms with Gasteiger partial charge in [0.15, 0.2) is 5.71 Å². The van der Waals surface area contributed by atoms with Gasteiger partial charge in [-0.3, -0.25) is 0 Å². The van der Waals surface area contributed by atoms with Gasteiger partial charge >= 0.3 is 0 Å². The maximum Gasteiger partial charge on any atom is 0.162 e. The zero-order valence-corrected chi connectivity index (χ0v) is 6.55. The van der Waals surface area contributed by atoms with E-state index in [0.717, 1.165) is 0 Å². The summed E-state index contributed by atoms with van der Waals surface area (Å²) >= 11 is 0. The fraction of sp³-hybridized carbons (Fsp3) is 0.429. The van der Waals surface area contributed by atoms with Crippen molar-refractivity contribution >= 4 is 5.71 Å². The summed E-state index contributed by atoms with van der Waals surface area (Å²) in [5.74, 6) is 0. The van der Waals surface area contributed by atoms with Crippen molar-refractivity contribution in [2.75, 3.05) is 14.1 Å². The Balaban J connectivity index is 4.39. The van der Waals surface area contributed by atoms with Crippen LogP contribution in [-0.4, -0.2) is 24.8 Å². The van der Waals surface area contributed by atoms with Crippen molar-refractivity contribution in [1.82, 2.24) is 5.01 Å². The number of nitriles is 1. The molecule has 0 aromatic rings. The minimum atomic E-state index is 0.380. The van der Waals surface area contributed by atoms with Crippen molar-refractivity contribution in [2.45, 2.75) is 6.92 Å². The van der Waals surface area contributed by atoms with Gasteiger partial charge in [-0.2, -0.15) is 10.4 Å². The number of hydrazone groups is 1. The second-order valence-corrected chi connectivity index (χ2v) is 2.19. The van der Waals surface area contributed by atoms with Crippen LogP contribution in [0.2, 0.25) is 0 Å². The topological polar surface area (TPSA) is 39.4 Å². The van der Waals surface area contributed by atoms with Gasteiger partial charge in [0.1, 0.15) is 6.07 Å². The molecule has 0 saturated carbocycles. The summed E-state index contributed by atoms with van der Waals surface area (Å²) in [5.41, 5.74) is 1.07. The lowest BCUT2D eigenvalue weighted by molar-refractivity contribution is 0.438. The van der Waals surface area contributed by atoms with E-state index in [1.807, 2.05) is 6.07 Å². The Morgan fingerprint density at radius 3 is 2.20 bits per heavy atom. The highest BCUT2D eigenvalue weighted by molar-refractivity contribution is 6.10. The van der Waals surface area contributed by atoms with Crippen LogP contribution >= 0.6 is 0 Å². The van der Waals surface area contributed by atoms with Crippen molar-refractivity contribution in [2.24, 2.45) is 5.10 Å². The van der Waals surface area contributed by atoms with Gasteiger partial charge in [0.25, 0.3) is 0 Å². The fourth-order valence-corrected chi connectivity index (χ4v) is 0.403. The predicted octanol–water partition coefficient (Wildman–Crippen LogP) is 1.00. The van der Waals surface area contributed by atoms with Crippen molar-refractivity contribution in [1.29, 1.82) is 5.26 Å². The second kappa shape index (κ2) is 3.67. The number of nitrogens with zero attached hydrogens (tertiary/aromatic N) is 3. The third-order valence-electron chi connectivity index (χ3n) is 0.810. The smallest absolute Gasteiger partial charge is 0.162 e. The Morgan fingerprint density at radius 2 is 2.10 bits per heavy atom. The quantitative estimate of drug-likeness (QED) is 0.421. The Morgan fingerprint density at radius 1 is 1.60 bits per heavy atom. The molecule has 10 heavy (non-hydrogen) atoms. The van der Waals surface area contributed by atoms with Gasteiger partial charge in [0, 0.05) is 14.1 Å². The van der Waals surface area contributed by atoms with Gasteiger partial charge in [-0.25, -0.2) is 0 Å². The lowest BCUT2D eigenvalue weighted by Gasteiger charge is -2.03. The van der Waals surface area contributed by atoms with E-state index in [2.05, 4.69) is 11.7 Å². The van der Waals surface area contributed by atoms with E-state index >= 15 is 0 Å². The van der Waals surface area contributed by atoms with Crippen LogP contribution in [0.25, 0.3) is 0 Å². The van der Waals surface area contributed by atoms with Crippen LogP contribution in [0, 0.1) is 11.3 Å². The zero-order valence-electron chi connectivity index (χ0n) is 6.55. The molecule has 0 radical (unpaired) electrons. The molecule has 0 aromatic carbocycles. The summed E-state index contributed by atoms with van der Waals surface area (Å²) < 4.78 is 0. The van der Waals surface area contributed by atoms with E-state index < -0.39 is 0 Å². The minimum absolute atomic E-state index is 0.380. The third-order valence-corrected chi connectivity index (χ3v) is 0.810. The standard InChI is InChI=1S/C7H11N3/c1-6(2)7(5-8)9-10(3)4/h1H2,2-4H3/b9-7+. The largest absolute Gasteiger partial charge is 0.302 e. The molecule has 0 saturated heterocycles. The Hall–Kier alpha value is -1.30. The maximum atomic E-state index is 8.48. The number of hydrogen-bond acceptors (Lipinski definition) is 3. The average Bonchev–Trinajstić information content (AvgIpc) is 1.81. The van der Waals surface area contributed by atoms with Crippen LogP contribution in [0.15, 0.2) is 17.3 Å². The molecule has 0 fully saturated rings. The highest BCUT2D eigenvalue weighted by Crippen LogP contribution is 1.92. The SMILES string of the molecule is C=C(C)/C(C#N)=N/N(C)C. The van der Waals surface area contributed by atoms with Gasteiger partial charge in [0.2, 0.25) is 0 Å².